The number of nitrogens with two attached hydrogens (primary N) is 1. The molecule has 1 aliphatic rings. The van der Waals surface area contributed by atoms with E-state index in [1.54, 1.807) is 6.92 Å². The van der Waals surface area contributed by atoms with Crippen LogP contribution in [0.15, 0.2) is 11.0 Å². The molecular weight excluding hydrogens is 291 g/mol. The summed E-state index contributed by atoms with van der Waals surface area (Å²) in [5, 5.41) is 0. The monoisotopic (exact) mass is 310 g/mol. The highest BCUT2D eigenvalue weighted by atomic mass is 32.2. The quantitative estimate of drug-likeness (QED) is 0.669. The van der Waals surface area contributed by atoms with E-state index >= 15 is 0 Å². The number of hydrogen-bond acceptors (Lipinski definition) is 3. The first-order valence-electron chi connectivity index (χ1n) is 6.77. The third-order valence-corrected chi connectivity index (χ3v) is 5.83. The van der Waals surface area contributed by atoms with Gasteiger partial charge >= 0.3 is 0 Å². The fourth-order valence-corrected chi connectivity index (χ4v) is 4.27. The van der Waals surface area contributed by atoms with Crippen molar-refractivity contribution in [2.45, 2.75) is 31.6 Å². The zero-order valence-corrected chi connectivity index (χ0v) is 13.0. The van der Waals surface area contributed by atoms with Crippen LogP contribution in [0.25, 0.3) is 0 Å². The zero-order chi connectivity index (χ0) is 15.8. The van der Waals surface area contributed by atoms with Gasteiger partial charge in [0.25, 0.3) is 0 Å². The summed E-state index contributed by atoms with van der Waals surface area (Å²) >= 11 is 0. The van der Waals surface area contributed by atoms with E-state index < -0.39 is 15.8 Å². The molecule has 0 unspecified atom stereocenters. The van der Waals surface area contributed by atoms with Crippen LogP contribution in [0, 0.1) is 37.9 Å². The maximum absolute atomic E-state index is 13.6. The molecule has 0 saturated heterocycles. The summed E-state index contributed by atoms with van der Waals surface area (Å²) in [6.45, 7) is 3.49. The number of hydrogen-bond donors (Lipinski definition) is 1. The summed E-state index contributed by atoms with van der Waals surface area (Å²) in [7, 11) is -3.77. The lowest BCUT2D eigenvalue weighted by Gasteiger charge is -2.23. The number of halogens is 1. The standard InChI is InChI=1S/C15H19FN2O2S/c1-4-7-18(9-12-5-6-12)21(19,20)15-10(2)8-13(16)14(17)11(15)3/h1,8,12H,5-7,9,17H2,2-3H3. The third kappa shape index (κ3) is 3.04. The maximum atomic E-state index is 13.6. The molecule has 1 aromatic carbocycles. The van der Waals surface area contributed by atoms with Crippen LogP contribution in [0.3, 0.4) is 0 Å². The van der Waals surface area contributed by atoms with Gasteiger partial charge in [0.05, 0.1) is 17.1 Å². The predicted molar refractivity (Wildman–Crippen MR) is 80.6 cm³/mol. The highest BCUT2D eigenvalue weighted by Crippen LogP contribution is 2.34. The molecule has 2 rings (SSSR count). The number of rotatable bonds is 5. The average Bonchev–Trinajstić information content (AvgIpc) is 3.19. The lowest BCUT2D eigenvalue weighted by molar-refractivity contribution is 0.429. The molecule has 1 saturated carbocycles. The van der Waals surface area contributed by atoms with E-state index in [-0.39, 0.29) is 22.7 Å². The van der Waals surface area contributed by atoms with Crippen molar-refractivity contribution in [3.8, 4) is 12.3 Å². The number of sulfonamides is 1. The van der Waals surface area contributed by atoms with Crippen LogP contribution < -0.4 is 5.73 Å². The smallest absolute Gasteiger partial charge is 0.244 e. The Hall–Kier alpha value is -1.58. The molecule has 2 N–H and O–H groups in total. The van der Waals surface area contributed by atoms with Gasteiger partial charge in [0, 0.05) is 6.54 Å². The topological polar surface area (TPSA) is 63.4 Å². The van der Waals surface area contributed by atoms with Crippen molar-refractivity contribution in [3.63, 3.8) is 0 Å². The molecule has 21 heavy (non-hydrogen) atoms. The minimum atomic E-state index is -3.77. The van der Waals surface area contributed by atoms with Gasteiger partial charge in [-0.25, -0.2) is 12.8 Å². The first kappa shape index (κ1) is 15.8. The van der Waals surface area contributed by atoms with Gasteiger partial charge in [-0.05, 0) is 49.8 Å². The van der Waals surface area contributed by atoms with Crippen LogP contribution in [0.2, 0.25) is 0 Å². The molecule has 0 atom stereocenters. The van der Waals surface area contributed by atoms with Crippen molar-refractivity contribution in [1.29, 1.82) is 0 Å². The largest absolute Gasteiger partial charge is 0.396 e. The van der Waals surface area contributed by atoms with Crippen LogP contribution >= 0.6 is 0 Å². The lowest BCUT2D eigenvalue weighted by atomic mass is 10.1. The molecule has 0 spiro atoms. The van der Waals surface area contributed by atoms with Gasteiger partial charge in [-0.15, -0.1) is 6.42 Å². The van der Waals surface area contributed by atoms with Crippen LogP contribution in [0.1, 0.15) is 24.0 Å². The normalized spacial score (nSPS) is 15.2. The highest BCUT2D eigenvalue weighted by Gasteiger charge is 2.33. The Morgan fingerprint density at radius 1 is 1.48 bits per heavy atom. The van der Waals surface area contributed by atoms with Crippen LogP contribution in [-0.2, 0) is 10.0 Å². The number of anilines is 1. The van der Waals surface area contributed by atoms with E-state index in [1.165, 1.54) is 11.2 Å². The minimum Gasteiger partial charge on any atom is -0.396 e. The Kier molecular flexibility index (Phi) is 4.26. The van der Waals surface area contributed by atoms with E-state index in [0.717, 1.165) is 18.9 Å². The van der Waals surface area contributed by atoms with E-state index in [2.05, 4.69) is 5.92 Å². The molecule has 0 heterocycles. The van der Waals surface area contributed by atoms with Gasteiger partial charge in [0.1, 0.15) is 5.82 Å². The first-order chi connectivity index (χ1) is 9.78. The van der Waals surface area contributed by atoms with E-state index in [1.807, 2.05) is 0 Å². The molecule has 1 aliphatic carbocycles. The SMILES string of the molecule is C#CCN(CC1CC1)S(=O)(=O)c1c(C)cc(F)c(N)c1C. The van der Waals surface area contributed by atoms with Crippen molar-refractivity contribution < 1.29 is 12.8 Å². The van der Waals surface area contributed by atoms with E-state index in [4.69, 9.17) is 12.2 Å². The highest BCUT2D eigenvalue weighted by molar-refractivity contribution is 7.89. The lowest BCUT2D eigenvalue weighted by Crippen LogP contribution is -2.34. The first-order valence-corrected chi connectivity index (χ1v) is 8.21. The summed E-state index contributed by atoms with van der Waals surface area (Å²) in [5.41, 5.74) is 6.09. The molecule has 1 fully saturated rings. The fourth-order valence-electron chi connectivity index (χ4n) is 2.39. The van der Waals surface area contributed by atoms with Gasteiger partial charge in [0.15, 0.2) is 0 Å². The predicted octanol–water partition coefficient (Wildman–Crippen LogP) is 2.06. The van der Waals surface area contributed by atoms with Gasteiger partial charge in [-0.1, -0.05) is 5.92 Å². The summed E-state index contributed by atoms with van der Waals surface area (Å²) in [6, 6.07) is 1.15. The summed E-state index contributed by atoms with van der Waals surface area (Å²) < 4.78 is 40.6. The number of benzene rings is 1. The van der Waals surface area contributed by atoms with E-state index in [0.29, 0.717) is 18.0 Å². The maximum Gasteiger partial charge on any atom is 0.244 e. The van der Waals surface area contributed by atoms with Crippen LogP contribution in [0.5, 0.6) is 0 Å². The van der Waals surface area contributed by atoms with Crippen molar-refractivity contribution >= 4 is 15.7 Å². The Morgan fingerprint density at radius 3 is 2.62 bits per heavy atom. The molecule has 6 heteroatoms. The average molecular weight is 310 g/mol. The zero-order valence-electron chi connectivity index (χ0n) is 12.2. The fraction of sp³-hybridized carbons (Fsp3) is 0.467. The van der Waals surface area contributed by atoms with Gasteiger partial charge in [-0.3, -0.25) is 0 Å². The van der Waals surface area contributed by atoms with Crippen LogP contribution in [0.4, 0.5) is 10.1 Å². The van der Waals surface area contributed by atoms with Crippen molar-refractivity contribution in [2.24, 2.45) is 5.92 Å². The summed E-state index contributed by atoms with van der Waals surface area (Å²) in [6.07, 6.45) is 7.32. The second-order valence-electron chi connectivity index (χ2n) is 5.49. The van der Waals surface area contributed by atoms with Gasteiger partial charge in [0.2, 0.25) is 10.0 Å². The molecular formula is C15H19FN2O2S. The van der Waals surface area contributed by atoms with Crippen LogP contribution in [-0.4, -0.2) is 25.8 Å². The Bertz CT molecular complexity index is 703. The number of aryl methyl sites for hydroxylation is 1. The third-order valence-electron chi connectivity index (χ3n) is 3.73. The number of nitrogen functional groups attached to an aromatic ring is 1. The number of nitrogens with zero attached hydrogens (tertiary/aromatic N) is 1. The van der Waals surface area contributed by atoms with Crippen molar-refractivity contribution in [1.82, 2.24) is 4.31 Å². The number of terminal acetylenes is 1. The summed E-state index contributed by atoms with van der Waals surface area (Å²) in [5.74, 6) is 2.15. The van der Waals surface area contributed by atoms with Gasteiger partial charge < -0.3 is 5.73 Å². The molecule has 0 aromatic heterocycles. The Balaban J connectivity index is 2.51. The summed E-state index contributed by atoms with van der Waals surface area (Å²) in [4.78, 5) is 0.0669. The molecule has 0 aliphatic heterocycles. The van der Waals surface area contributed by atoms with E-state index in [9.17, 15) is 12.8 Å². The molecule has 0 radical (unpaired) electrons. The Labute approximate surface area is 125 Å². The second-order valence-corrected chi connectivity index (χ2v) is 7.36. The van der Waals surface area contributed by atoms with Crippen molar-refractivity contribution in [2.75, 3.05) is 18.8 Å². The molecule has 0 amide bonds. The van der Waals surface area contributed by atoms with Crippen molar-refractivity contribution in [3.05, 3.63) is 23.0 Å². The molecule has 0 bridgehead atoms. The molecule has 1 aromatic rings. The second kappa shape index (κ2) is 5.66. The minimum absolute atomic E-state index is 0.00892. The van der Waals surface area contributed by atoms with Gasteiger partial charge in [-0.2, -0.15) is 4.31 Å². The molecule has 4 nitrogen and oxygen atoms in total. The molecule has 114 valence electrons. The Morgan fingerprint density at radius 2 is 2.10 bits per heavy atom.